The van der Waals surface area contributed by atoms with Gasteiger partial charge in [-0.25, -0.2) is 4.98 Å². The van der Waals surface area contributed by atoms with Crippen LogP contribution < -0.4 is 15.5 Å². The molecule has 2 heterocycles. The number of aromatic nitrogens is 2. The van der Waals surface area contributed by atoms with Crippen molar-refractivity contribution in [2.45, 2.75) is 13.1 Å². The molecule has 0 atom stereocenters. The van der Waals surface area contributed by atoms with Crippen LogP contribution in [0.4, 0.5) is 42.0 Å². The first-order chi connectivity index (χ1) is 14.9. The van der Waals surface area contributed by atoms with E-state index in [-0.39, 0.29) is 5.95 Å². The van der Waals surface area contributed by atoms with Crippen LogP contribution in [0.3, 0.4) is 0 Å². The van der Waals surface area contributed by atoms with Gasteiger partial charge in [-0.2, -0.15) is 18.2 Å². The lowest BCUT2D eigenvalue weighted by Crippen LogP contribution is -2.36. The van der Waals surface area contributed by atoms with Crippen molar-refractivity contribution >= 4 is 28.8 Å². The molecule has 0 bridgehead atoms. The molecule has 9 heteroatoms. The summed E-state index contributed by atoms with van der Waals surface area (Å²) >= 11 is 0. The minimum absolute atomic E-state index is 0.290. The van der Waals surface area contributed by atoms with Crippen LogP contribution in [0.15, 0.2) is 54.7 Å². The Morgan fingerprint density at radius 2 is 1.52 bits per heavy atom. The van der Waals surface area contributed by atoms with E-state index in [4.69, 9.17) is 4.74 Å². The second-order valence-electron chi connectivity index (χ2n) is 7.20. The van der Waals surface area contributed by atoms with Crippen molar-refractivity contribution in [3.05, 3.63) is 65.9 Å². The van der Waals surface area contributed by atoms with Crippen LogP contribution in [0.25, 0.3) is 0 Å². The minimum Gasteiger partial charge on any atom is -0.378 e. The lowest BCUT2D eigenvalue weighted by Gasteiger charge is -2.28. The summed E-state index contributed by atoms with van der Waals surface area (Å²) in [6, 6.07) is 12.8. The highest BCUT2D eigenvalue weighted by atomic mass is 19.4. The molecule has 31 heavy (non-hydrogen) atoms. The largest absolute Gasteiger partial charge is 0.416 e. The molecule has 0 unspecified atom stereocenters. The number of hydrogen-bond donors (Lipinski definition) is 2. The van der Waals surface area contributed by atoms with E-state index in [0.717, 1.165) is 55.4 Å². The van der Waals surface area contributed by atoms with E-state index in [1.165, 1.54) is 12.1 Å². The van der Waals surface area contributed by atoms with Crippen molar-refractivity contribution in [2.24, 2.45) is 0 Å². The number of anilines is 5. The molecule has 1 saturated heterocycles. The third-order valence-electron chi connectivity index (χ3n) is 4.95. The molecule has 3 aromatic rings. The van der Waals surface area contributed by atoms with Gasteiger partial charge in [0.05, 0.1) is 18.8 Å². The predicted octanol–water partition coefficient (Wildman–Crippen LogP) is 5.13. The summed E-state index contributed by atoms with van der Waals surface area (Å²) in [6.45, 7) is 5.09. The maximum absolute atomic E-state index is 12.7. The van der Waals surface area contributed by atoms with E-state index in [0.29, 0.717) is 11.5 Å². The zero-order valence-corrected chi connectivity index (χ0v) is 16.9. The Balaban J connectivity index is 1.45. The molecule has 1 aliphatic heterocycles. The minimum atomic E-state index is -4.37. The Morgan fingerprint density at radius 1 is 0.903 bits per heavy atom. The Labute approximate surface area is 178 Å². The van der Waals surface area contributed by atoms with Crippen molar-refractivity contribution in [2.75, 3.05) is 41.8 Å². The van der Waals surface area contributed by atoms with Gasteiger partial charge in [0.15, 0.2) is 0 Å². The SMILES string of the molecule is Cc1cnc(Nc2ccc(C(F)(F)F)cc2)nc1Nc1ccc(N2CCOCC2)cc1. The standard InChI is InChI=1S/C22H22F3N5O/c1-15-14-26-21(28-18-4-2-16(3-5-18)22(23,24)25)29-20(15)27-17-6-8-19(9-7-17)30-10-12-31-13-11-30/h2-9,14H,10-13H2,1H3,(H2,26,27,28,29). The van der Waals surface area contributed by atoms with Gasteiger partial charge < -0.3 is 20.3 Å². The number of ether oxygens (including phenoxy) is 1. The fraction of sp³-hybridized carbons (Fsp3) is 0.273. The van der Waals surface area contributed by atoms with Gasteiger partial charge in [-0.3, -0.25) is 0 Å². The van der Waals surface area contributed by atoms with Gasteiger partial charge >= 0.3 is 6.18 Å². The molecular formula is C22H22F3N5O. The van der Waals surface area contributed by atoms with Crippen LogP contribution in [0.2, 0.25) is 0 Å². The quantitative estimate of drug-likeness (QED) is 0.587. The summed E-state index contributed by atoms with van der Waals surface area (Å²) in [5.74, 6) is 0.904. The lowest BCUT2D eigenvalue weighted by atomic mass is 10.2. The maximum Gasteiger partial charge on any atom is 0.416 e. The number of benzene rings is 2. The van der Waals surface area contributed by atoms with Crippen LogP contribution in [0, 0.1) is 6.92 Å². The molecule has 2 N–H and O–H groups in total. The first-order valence-corrected chi connectivity index (χ1v) is 9.86. The molecule has 4 rings (SSSR count). The second kappa shape index (κ2) is 8.81. The van der Waals surface area contributed by atoms with Crippen LogP contribution in [-0.4, -0.2) is 36.3 Å². The first kappa shape index (κ1) is 20.9. The van der Waals surface area contributed by atoms with E-state index >= 15 is 0 Å². The monoisotopic (exact) mass is 429 g/mol. The third kappa shape index (κ3) is 5.24. The number of nitrogens with zero attached hydrogens (tertiary/aromatic N) is 3. The lowest BCUT2D eigenvalue weighted by molar-refractivity contribution is -0.137. The summed E-state index contributed by atoms with van der Waals surface area (Å²) in [5.41, 5.74) is 2.62. The van der Waals surface area contributed by atoms with Gasteiger partial charge in [0, 0.05) is 41.9 Å². The fourth-order valence-corrected chi connectivity index (χ4v) is 3.21. The molecule has 1 fully saturated rings. The topological polar surface area (TPSA) is 62.3 Å². The average Bonchev–Trinajstić information content (AvgIpc) is 2.77. The number of hydrogen-bond acceptors (Lipinski definition) is 6. The van der Waals surface area contributed by atoms with Gasteiger partial charge in [-0.05, 0) is 55.5 Å². The smallest absolute Gasteiger partial charge is 0.378 e. The highest BCUT2D eigenvalue weighted by molar-refractivity contribution is 5.64. The van der Waals surface area contributed by atoms with Crippen molar-refractivity contribution in [1.82, 2.24) is 9.97 Å². The molecule has 1 aliphatic rings. The zero-order valence-electron chi connectivity index (χ0n) is 16.9. The second-order valence-corrected chi connectivity index (χ2v) is 7.20. The number of halogens is 3. The molecule has 0 aliphatic carbocycles. The van der Waals surface area contributed by atoms with E-state index in [1.807, 2.05) is 31.2 Å². The van der Waals surface area contributed by atoms with Crippen LogP contribution in [0.5, 0.6) is 0 Å². The molecule has 0 saturated carbocycles. The Morgan fingerprint density at radius 3 is 2.16 bits per heavy atom. The Bertz CT molecular complexity index is 1020. The van der Waals surface area contributed by atoms with Crippen LogP contribution in [0.1, 0.15) is 11.1 Å². The first-order valence-electron chi connectivity index (χ1n) is 9.86. The molecule has 0 amide bonds. The normalized spacial score (nSPS) is 14.4. The number of nitrogens with one attached hydrogen (secondary N) is 2. The average molecular weight is 429 g/mol. The Hall–Kier alpha value is -3.33. The summed E-state index contributed by atoms with van der Waals surface area (Å²) in [7, 11) is 0. The fourth-order valence-electron chi connectivity index (χ4n) is 3.21. The van der Waals surface area contributed by atoms with Crippen LogP contribution in [-0.2, 0) is 10.9 Å². The summed E-state index contributed by atoms with van der Waals surface area (Å²) in [4.78, 5) is 11.0. The van der Waals surface area contributed by atoms with Gasteiger partial charge in [0.2, 0.25) is 5.95 Å². The molecule has 1 aromatic heterocycles. The van der Waals surface area contributed by atoms with Gasteiger partial charge in [-0.15, -0.1) is 0 Å². The van der Waals surface area contributed by atoms with E-state index < -0.39 is 11.7 Å². The number of aryl methyl sites for hydroxylation is 1. The highest BCUT2D eigenvalue weighted by Gasteiger charge is 2.29. The molecular weight excluding hydrogens is 407 g/mol. The number of morpholine rings is 1. The van der Waals surface area contributed by atoms with Gasteiger partial charge in [0.1, 0.15) is 5.82 Å². The van der Waals surface area contributed by atoms with Gasteiger partial charge in [0.25, 0.3) is 0 Å². The molecule has 162 valence electrons. The Kier molecular flexibility index (Phi) is 5.94. The third-order valence-corrected chi connectivity index (χ3v) is 4.95. The van der Waals surface area contributed by atoms with Crippen molar-refractivity contribution < 1.29 is 17.9 Å². The summed E-state index contributed by atoms with van der Waals surface area (Å²) < 4.78 is 43.5. The van der Waals surface area contributed by atoms with Gasteiger partial charge in [-0.1, -0.05) is 0 Å². The summed E-state index contributed by atoms with van der Waals surface area (Å²) in [6.07, 6.45) is -2.71. The maximum atomic E-state index is 12.7. The molecule has 2 aromatic carbocycles. The highest BCUT2D eigenvalue weighted by Crippen LogP contribution is 2.30. The zero-order chi connectivity index (χ0) is 21.8. The van der Waals surface area contributed by atoms with Crippen molar-refractivity contribution in [3.8, 4) is 0 Å². The van der Waals surface area contributed by atoms with Crippen LogP contribution >= 0.6 is 0 Å². The molecule has 0 spiro atoms. The number of rotatable bonds is 5. The van der Waals surface area contributed by atoms with Crippen molar-refractivity contribution in [1.29, 1.82) is 0 Å². The number of alkyl halides is 3. The molecule has 6 nitrogen and oxygen atoms in total. The predicted molar refractivity (Wildman–Crippen MR) is 114 cm³/mol. The summed E-state index contributed by atoms with van der Waals surface area (Å²) in [5, 5.41) is 6.21. The molecule has 0 radical (unpaired) electrons. The van der Waals surface area contributed by atoms with Crippen molar-refractivity contribution in [3.63, 3.8) is 0 Å². The van der Waals surface area contributed by atoms with E-state index in [9.17, 15) is 13.2 Å². The van der Waals surface area contributed by atoms with E-state index in [1.54, 1.807) is 6.20 Å². The van der Waals surface area contributed by atoms with E-state index in [2.05, 4.69) is 25.5 Å².